The molecule has 0 aromatic carbocycles. The van der Waals surface area contributed by atoms with Crippen LogP contribution in [-0.4, -0.2) is 74.9 Å². The van der Waals surface area contributed by atoms with Gasteiger partial charge in [-0.15, -0.1) is 0 Å². The Hall–Kier alpha value is -0.250. The highest BCUT2D eigenvalue weighted by atomic mass is 32.2. The molecule has 0 amide bonds. The van der Waals surface area contributed by atoms with Crippen LogP contribution in [0, 0.1) is 0 Å². The summed E-state index contributed by atoms with van der Waals surface area (Å²) in [6.07, 6.45) is -0.778. The smallest absolute Gasteiger partial charge is 0.335 e. The molecule has 96 valence electrons. The van der Waals surface area contributed by atoms with Crippen molar-refractivity contribution in [2.45, 2.75) is 6.10 Å². The molecule has 1 fully saturated rings. The molecular formula is C8H19N2O5S+. The van der Waals surface area contributed by atoms with E-state index in [2.05, 4.69) is 0 Å². The van der Waals surface area contributed by atoms with E-state index in [4.69, 9.17) is 9.29 Å². The quantitative estimate of drug-likeness (QED) is 0.455. The number of morpholine rings is 1. The Morgan fingerprint density at radius 1 is 1.44 bits per heavy atom. The zero-order chi connectivity index (χ0) is 12.2. The number of quaternary nitrogens is 1. The topological polar surface area (TPSA) is 91.5 Å². The molecule has 1 aliphatic heterocycles. The second-order valence-corrected chi connectivity index (χ2v) is 5.50. The van der Waals surface area contributed by atoms with Crippen LogP contribution in [0.5, 0.6) is 0 Å². The van der Waals surface area contributed by atoms with Gasteiger partial charge in [-0.05, 0) is 0 Å². The second kappa shape index (κ2) is 5.89. The molecule has 1 aliphatic rings. The van der Waals surface area contributed by atoms with Crippen molar-refractivity contribution in [2.24, 2.45) is 0 Å². The monoisotopic (exact) mass is 255 g/mol. The lowest BCUT2D eigenvalue weighted by Crippen LogP contribution is -3.15. The van der Waals surface area contributed by atoms with E-state index in [0.717, 1.165) is 17.4 Å². The molecule has 0 bridgehead atoms. The average molecular weight is 255 g/mol. The standard InChI is InChI=1S/C8H18N2O5S/c1-9(16(12,13)14)6-8(11)7-10-2-4-15-5-3-10/h8,11H,2-7H2,1H3,(H,12,13,14)/p+1/t8-/m0/s1. The Labute approximate surface area is 95.5 Å². The Bertz CT molecular complexity index is 302. The van der Waals surface area contributed by atoms with E-state index in [9.17, 15) is 13.5 Å². The molecule has 0 unspecified atom stereocenters. The molecule has 8 heteroatoms. The fourth-order valence-electron chi connectivity index (χ4n) is 1.65. The van der Waals surface area contributed by atoms with Gasteiger partial charge in [-0.3, -0.25) is 4.55 Å². The lowest BCUT2D eigenvalue weighted by molar-refractivity contribution is -0.910. The first-order valence-corrected chi connectivity index (χ1v) is 6.57. The number of nitrogens with zero attached hydrogens (tertiary/aromatic N) is 1. The van der Waals surface area contributed by atoms with E-state index in [0.29, 0.717) is 19.8 Å². The fraction of sp³-hybridized carbons (Fsp3) is 1.00. The lowest BCUT2D eigenvalue weighted by atomic mass is 10.3. The van der Waals surface area contributed by atoms with E-state index in [1.54, 1.807) is 0 Å². The molecule has 0 saturated carbocycles. The molecule has 1 heterocycles. The Morgan fingerprint density at radius 3 is 2.50 bits per heavy atom. The number of hydrogen-bond donors (Lipinski definition) is 3. The van der Waals surface area contributed by atoms with Crippen molar-refractivity contribution in [3.63, 3.8) is 0 Å². The van der Waals surface area contributed by atoms with Crippen LogP contribution in [0.15, 0.2) is 0 Å². The number of likely N-dealkylation sites (N-methyl/N-ethyl adjacent to an activating group) is 1. The lowest BCUT2D eigenvalue weighted by Gasteiger charge is -2.26. The van der Waals surface area contributed by atoms with Gasteiger partial charge in [0, 0.05) is 13.6 Å². The maximum absolute atomic E-state index is 10.7. The Kier molecular flexibility index (Phi) is 5.09. The molecule has 1 atom stereocenters. The zero-order valence-electron chi connectivity index (χ0n) is 9.29. The van der Waals surface area contributed by atoms with Crippen molar-refractivity contribution in [2.75, 3.05) is 46.4 Å². The van der Waals surface area contributed by atoms with Crippen molar-refractivity contribution in [1.29, 1.82) is 0 Å². The minimum atomic E-state index is -4.20. The second-order valence-electron chi connectivity index (χ2n) is 3.98. The molecule has 0 aromatic heterocycles. The van der Waals surface area contributed by atoms with Gasteiger partial charge in [-0.25, -0.2) is 0 Å². The van der Waals surface area contributed by atoms with Crippen LogP contribution in [0.3, 0.4) is 0 Å². The number of nitrogens with one attached hydrogen (secondary N) is 1. The summed E-state index contributed by atoms with van der Waals surface area (Å²) in [6.45, 7) is 3.32. The van der Waals surface area contributed by atoms with E-state index >= 15 is 0 Å². The van der Waals surface area contributed by atoms with Crippen molar-refractivity contribution in [1.82, 2.24) is 4.31 Å². The van der Waals surface area contributed by atoms with E-state index in [1.807, 2.05) is 0 Å². The molecule has 0 aliphatic carbocycles. The molecule has 7 nitrogen and oxygen atoms in total. The van der Waals surface area contributed by atoms with Gasteiger partial charge in [-0.1, -0.05) is 0 Å². The molecular weight excluding hydrogens is 236 g/mol. The van der Waals surface area contributed by atoms with Gasteiger partial charge in [0.2, 0.25) is 0 Å². The summed E-state index contributed by atoms with van der Waals surface area (Å²) in [7, 11) is -2.97. The summed E-state index contributed by atoms with van der Waals surface area (Å²) in [5.74, 6) is 0. The average Bonchev–Trinajstić information content (AvgIpc) is 2.17. The number of aliphatic hydroxyl groups excluding tert-OH is 1. The van der Waals surface area contributed by atoms with E-state index in [-0.39, 0.29) is 6.54 Å². The fourth-order valence-corrected chi connectivity index (χ4v) is 2.01. The third kappa shape index (κ3) is 4.73. The largest absolute Gasteiger partial charge is 0.386 e. The summed E-state index contributed by atoms with van der Waals surface area (Å²) in [5, 5.41) is 9.66. The van der Waals surface area contributed by atoms with Gasteiger partial charge >= 0.3 is 10.3 Å². The van der Waals surface area contributed by atoms with E-state index in [1.165, 1.54) is 11.9 Å². The molecule has 0 aromatic rings. The zero-order valence-corrected chi connectivity index (χ0v) is 10.1. The minimum absolute atomic E-state index is 0.0941. The minimum Gasteiger partial charge on any atom is -0.386 e. The number of ether oxygens (including phenoxy) is 1. The van der Waals surface area contributed by atoms with Crippen molar-refractivity contribution in [3.8, 4) is 0 Å². The van der Waals surface area contributed by atoms with Crippen LogP contribution in [0.1, 0.15) is 0 Å². The van der Waals surface area contributed by atoms with Crippen molar-refractivity contribution < 1.29 is 27.7 Å². The van der Waals surface area contributed by atoms with Crippen LogP contribution in [-0.2, 0) is 15.0 Å². The highest BCUT2D eigenvalue weighted by Crippen LogP contribution is 1.94. The van der Waals surface area contributed by atoms with Gasteiger partial charge < -0.3 is 14.7 Å². The summed E-state index contributed by atoms with van der Waals surface area (Å²) in [6, 6.07) is 0. The highest BCUT2D eigenvalue weighted by Gasteiger charge is 2.22. The molecule has 3 N–H and O–H groups in total. The normalized spacial score (nSPS) is 21.2. The van der Waals surface area contributed by atoms with Crippen LogP contribution in [0.4, 0.5) is 0 Å². The predicted octanol–water partition coefficient (Wildman–Crippen LogP) is -3.00. The number of aliphatic hydroxyl groups is 1. The third-order valence-electron chi connectivity index (χ3n) is 2.59. The summed E-state index contributed by atoms with van der Waals surface area (Å²) in [5.41, 5.74) is 0. The molecule has 0 radical (unpaired) electrons. The van der Waals surface area contributed by atoms with Crippen molar-refractivity contribution >= 4 is 10.3 Å². The summed E-state index contributed by atoms with van der Waals surface area (Å²) < 4.78 is 36.0. The predicted molar refractivity (Wildman–Crippen MR) is 56.6 cm³/mol. The van der Waals surface area contributed by atoms with Crippen LogP contribution >= 0.6 is 0 Å². The number of rotatable bonds is 5. The Morgan fingerprint density at radius 2 is 2.00 bits per heavy atom. The van der Waals surface area contributed by atoms with Crippen molar-refractivity contribution in [3.05, 3.63) is 0 Å². The third-order valence-corrected chi connectivity index (χ3v) is 3.52. The van der Waals surface area contributed by atoms with Gasteiger partial charge in [0.15, 0.2) is 0 Å². The molecule has 16 heavy (non-hydrogen) atoms. The van der Waals surface area contributed by atoms with Crippen LogP contribution in [0.25, 0.3) is 0 Å². The van der Waals surface area contributed by atoms with Gasteiger partial charge in [0.25, 0.3) is 0 Å². The molecule has 1 saturated heterocycles. The van der Waals surface area contributed by atoms with Gasteiger partial charge in [0.05, 0.1) is 13.2 Å². The maximum atomic E-state index is 10.7. The van der Waals surface area contributed by atoms with Crippen LogP contribution in [0.2, 0.25) is 0 Å². The first-order valence-electron chi connectivity index (χ1n) is 5.17. The molecule has 1 rings (SSSR count). The summed E-state index contributed by atoms with van der Waals surface area (Å²) >= 11 is 0. The first-order chi connectivity index (χ1) is 7.39. The van der Waals surface area contributed by atoms with Crippen LogP contribution < -0.4 is 4.90 Å². The van der Waals surface area contributed by atoms with Gasteiger partial charge in [0.1, 0.15) is 25.7 Å². The van der Waals surface area contributed by atoms with E-state index < -0.39 is 16.4 Å². The maximum Gasteiger partial charge on any atom is 0.335 e. The summed E-state index contributed by atoms with van der Waals surface area (Å²) in [4.78, 5) is 1.18. The SMILES string of the molecule is CN(C[C@H](O)C[NH+]1CCOCC1)S(=O)(=O)O. The molecule has 0 spiro atoms. The highest BCUT2D eigenvalue weighted by molar-refractivity contribution is 7.83. The Balaban J connectivity index is 2.32. The first kappa shape index (κ1) is 13.8. The van der Waals surface area contributed by atoms with Gasteiger partial charge in [-0.2, -0.15) is 12.7 Å². The number of hydrogen-bond acceptors (Lipinski definition) is 4.